The fraction of sp³-hybridized carbons (Fsp3) is 0. The summed E-state index contributed by atoms with van der Waals surface area (Å²) in [6.45, 7) is 0. The molecule has 118 heavy (non-hydrogen) atoms. The van der Waals surface area contributed by atoms with Crippen LogP contribution in [-0.4, -0.2) is 0 Å². The summed E-state index contributed by atoms with van der Waals surface area (Å²) >= 11 is 0. The van der Waals surface area contributed by atoms with Crippen molar-refractivity contribution in [1.82, 2.24) is 0 Å². The Labute approximate surface area is 686 Å². The molecule has 0 saturated carbocycles. The van der Waals surface area contributed by atoms with Gasteiger partial charge in [-0.3, -0.25) is 0 Å². The van der Waals surface area contributed by atoms with Crippen molar-refractivity contribution < 1.29 is 0 Å². The maximum Gasteiger partial charge on any atom is 0.0540 e. The van der Waals surface area contributed by atoms with Crippen LogP contribution >= 0.6 is 0 Å². The van der Waals surface area contributed by atoms with Crippen molar-refractivity contribution >= 4 is 120 Å². The van der Waals surface area contributed by atoms with E-state index in [0.29, 0.717) is 0 Å². The largest absolute Gasteiger partial charge is 0.310 e. The molecule has 0 bridgehead atoms. The Hall–Kier alpha value is -15.5. The summed E-state index contributed by atoms with van der Waals surface area (Å²) in [6, 6.07) is 170. The van der Waals surface area contributed by atoms with E-state index < -0.39 is 0 Å². The summed E-state index contributed by atoms with van der Waals surface area (Å²) in [5, 5.41) is 19.9. The second kappa shape index (κ2) is 29.5. The molecule has 0 heterocycles. The molecule has 0 spiro atoms. The van der Waals surface area contributed by atoms with E-state index in [0.717, 1.165) is 84.2 Å². The van der Waals surface area contributed by atoms with E-state index in [2.05, 4.69) is 471 Å². The average Bonchev–Trinajstić information content (AvgIpc) is 0.757. The maximum atomic E-state index is 2.43. The Bertz CT molecular complexity index is 7610. The van der Waals surface area contributed by atoms with Crippen molar-refractivity contribution in [2.24, 2.45) is 0 Å². The molecule has 0 saturated heterocycles. The first-order valence-electron chi connectivity index (χ1n) is 40.7. The topological polar surface area (TPSA) is 6.48 Å². The molecule has 550 valence electrons. The van der Waals surface area contributed by atoms with E-state index in [1.54, 1.807) is 0 Å². The van der Waals surface area contributed by atoms with E-state index >= 15 is 0 Å². The van der Waals surface area contributed by atoms with Crippen LogP contribution in [0.5, 0.6) is 0 Å². The molecular weight excluding hydrogens is 1420 g/mol. The van der Waals surface area contributed by atoms with E-state index in [1.807, 2.05) is 0 Å². The highest BCUT2D eigenvalue weighted by Crippen LogP contribution is 2.48. The van der Waals surface area contributed by atoms with Gasteiger partial charge in [0.25, 0.3) is 0 Å². The van der Waals surface area contributed by atoms with Crippen LogP contribution in [0.3, 0.4) is 0 Å². The van der Waals surface area contributed by atoms with Crippen LogP contribution in [0.1, 0.15) is 0 Å². The minimum Gasteiger partial charge on any atom is -0.310 e. The third-order valence-electron chi connectivity index (χ3n) is 24.2. The number of fused-ring (bicyclic) bond motifs is 12. The van der Waals surface area contributed by atoms with Crippen molar-refractivity contribution in [1.29, 1.82) is 0 Å². The third kappa shape index (κ3) is 12.7. The lowest BCUT2D eigenvalue weighted by Crippen LogP contribution is -2.11. The molecule has 2 nitrogen and oxygen atoms in total. The predicted molar refractivity (Wildman–Crippen MR) is 505 cm³/mol. The molecule has 0 unspecified atom stereocenters. The Morgan fingerprint density at radius 1 is 0.110 bits per heavy atom. The highest BCUT2D eigenvalue weighted by atomic mass is 15.1. The number of benzene rings is 22. The lowest BCUT2D eigenvalue weighted by atomic mass is 9.90. The molecule has 0 aromatic heterocycles. The van der Waals surface area contributed by atoms with Gasteiger partial charge in [-0.25, -0.2) is 0 Å². The van der Waals surface area contributed by atoms with Gasteiger partial charge >= 0.3 is 0 Å². The molecule has 22 rings (SSSR count). The smallest absolute Gasteiger partial charge is 0.0540 e. The first kappa shape index (κ1) is 69.3. The van der Waals surface area contributed by atoms with Gasteiger partial charge in [0, 0.05) is 34.0 Å². The van der Waals surface area contributed by atoms with Gasteiger partial charge in [0.05, 0.1) is 5.69 Å². The first-order valence-corrected chi connectivity index (χ1v) is 40.7. The summed E-state index contributed by atoms with van der Waals surface area (Å²) in [5.41, 5.74) is 27.5. The molecule has 0 aliphatic heterocycles. The summed E-state index contributed by atoms with van der Waals surface area (Å²) in [4.78, 5) is 4.84. The van der Waals surface area contributed by atoms with Gasteiger partial charge in [0.1, 0.15) is 0 Å². The van der Waals surface area contributed by atoms with Crippen molar-refractivity contribution in [2.75, 3.05) is 9.80 Å². The van der Waals surface area contributed by atoms with Crippen LogP contribution in [0.15, 0.2) is 461 Å². The molecule has 22 aromatic rings. The Balaban J connectivity index is 0.579. The zero-order valence-electron chi connectivity index (χ0n) is 64.8. The Morgan fingerprint density at radius 3 is 1.02 bits per heavy atom. The van der Waals surface area contributed by atoms with Gasteiger partial charge in [-0.2, -0.15) is 0 Å². The normalized spacial score (nSPS) is 11.6. The molecule has 0 fully saturated rings. The standard InChI is InChI=1S/C116H76N2/c1-4-19-77(20-5-1)89-30-16-31-99(73-89)117(96-58-45-86(46-59-96)103-35-17-28-81-25-10-13-32-101(81)103)100-62-69-108(114(76-100)83-21-6-2-7-22-83)95-52-64-107-94(72-95)54-68-112-111(107)66-50-88-41-42-91(74-113(88)112)80-39-37-78(38-40-80)79-43-56-97(57-44-79)118(98-60-47-87(48-61-98)104-36-18-29-82-26-11-14-33-102(82)104)116-70-55-92(75-115(116)84-23-8-3-9-24-84)90-51-63-106-93(71-90)53-67-109-105-34-15-12-27-85(105)49-65-110(106)109/h1-76H. The van der Waals surface area contributed by atoms with Crippen LogP contribution in [0.4, 0.5) is 34.1 Å². The highest BCUT2D eigenvalue weighted by Gasteiger charge is 2.23. The number of hydrogen-bond donors (Lipinski definition) is 0. The number of rotatable bonds is 15. The van der Waals surface area contributed by atoms with Gasteiger partial charge in [-0.1, -0.05) is 370 Å². The molecule has 2 heteroatoms. The average molecular weight is 1500 g/mol. The summed E-state index contributed by atoms with van der Waals surface area (Å²) in [7, 11) is 0. The predicted octanol–water partition coefficient (Wildman–Crippen LogP) is 32.9. The van der Waals surface area contributed by atoms with Crippen molar-refractivity contribution in [3.8, 4) is 100 Å². The zero-order chi connectivity index (χ0) is 78.0. The molecule has 0 aliphatic rings. The SMILES string of the molecule is c1ccc(-c2cccc(N(c3ccc(-c4cccc5ccccc45)cc3)c3ccc(-c4ccc5c(ccc6c7cc(-c8ccc(-c9ccc(N(c%10ccc(-c%11cccc%12ccccc%11%12)cc%10)c%10ccc(-c%11ccc%12c(ccc%13c%14ccccc%14ccc%12%13)c%11)cc%10-c%10ccccc%10)cc9)cc8)ccc7ccc56)c4)c(-c4ccccc4)c3)c2)cc1. The van der Waals surface area contributed by atoms with E-state index in [1.165, 1.54) is 136 Å². The number of anilines is 6. The van der Waals surface area contributed by atoms with Crippen molar-refractivity contribution in [3.63, 3.8) is 0 Å². The highest BCUT2D eigenvalue weighted by molar-refractivity contribution is 6.20. The second-order valence-corrected chi connectivity index (χ2v) is 31.0. The molecule has 0 N–H and O–H groups in total. The van der Waals surface area contributed by atoms with Gasteiger partial charge < -0.3 is 9.80 Å². The number of nitrogens with zero attached hydrogens (tertiary/aromatic N) is 2. The molecule has 0 aliphatic carbocycles. The Morgan fingerprint density at radius 2 is 0.432 bits per heavy atom. The summed E-state index contributed by atoms with van der Waals surface area (Å²) < 4.78 is 0. The fourth-order valence-corrected chi connectivity index (χ4v) is 18.3. The van der Waals surface area contributed by atoms with E-state index in [-0.39, 0.29) is 0 Å². The van der Waals surface area contributed by atoms with Gasteiger partial charge in [-0.05, 0) is 272 Å². The first-order chi connectivity index (χ1) is 58.5. The molecule has 0 radical (unpaired) electrons. The minimum absolute atomic E-state index is 1.06. The maximum absolute atomic E-state index is 2.43. The third-order valence-corrected chi connectivity index (χ3v) is 24.2. The van der Waals surface area contributed by atoms with Crippen LogP contribution in [-0.2, 0) is 0 Å². The molecule has 22 aromatic carbocycles. The monoisotopic (exact) mass is 1500 g/mol. The van der Waals surface area contributed by atoms with Crippen molar-refractivity contribution in [3.05, 3.63) is 461 Å². The zero-order valence-corrected chi connectivity index (χ0v) is 64.8. The number of hydrogen-bond acceptors (Lipinski definition) is 2. The van der Waals surface area contributed by atoms with Crippen LogP contribution in [0, 0.1) is 0 Å². The second-order valence-electron chi connectivity index (χ2n) is 31.0. The minimum atomic E-state index is 1.06. The summed E-state index contributed by atoms with van der Waals surface area (Å²) in [6.07, 6.45) is 0. The quantitative estimate of drug-likeness (QED) is 0.0944. The van der Waals surface area contributed by atoms with Gasteiger partial charge in [0.2, 0.25) is 0 Å². The Kier molecular flexibility index (Phi) is 17.3. The van der Waals surface area contributed by atoms with Crippen LogP contribution < -0.4 is 9.80 Å². The molecular formula is C116H76N2. The van der Waals surface area contributed by atoms with Crippen LogP contribution in [0.25, 0.3) is 186 Å². The lowest BCUT2D eigenvalue weighted by molar-refractivity contribution is 1.28. The van der Waals surface area contributed by atoms with Crippen LogP contribution in [0.2, 0.25) is 0 Å². The van der Waals surface area contributed by atoms with E-state index in [4.69, 9.17) is 0 Å². The van der Waals surface area contributed by atoms with Gasteiger partial charge in [-0.15, -0.1) is 0 Å². The summed E-state index contributed by atoms with van der Waals surface area (Å²) in [5.74, 6) is 0. The van der Waals surface area contributed by atoms with Gasteiger partial charge in [0.15, 0.2) is 0 Å². The fourth-order valence-electron chi connectivity index (χ4n) is 18.3. The van der Waals surface area contributed by atoms with E-state index in [9.17, 15) is 0 Å². The van der Waals surface area contributed by atoms with Crippen molar-refractivity contribution in [2.45, 2.75) is 0 Å². The molecule has 0 amide bonds. The molecule has 0 atom stereocenters. The lowest BCUT2D eigenvalue weighted by Gasteiger charge is -2.29.